The van der Waals surface area contributed by atoms with E-state index in [4.69, 9.17) is 9.47 Å². The van der Waals surface area contributed by atoms with Crippen molar-refractivity contribution in [1.29, 1.82) is 5.26 Å². The average molecular weight is 521 g/mol. The van der Waals surface area contributed by atoms with Gasteiger partial charge >= 0.3 is 0 Å². The molecule has 0 aliphatic carbocycles. The zero-order valence-electron chi connectivity index (χ0n) is 16.0. The Hall–Kier alpha value is -1.43. The lowest BCUT2D eigenvalue weighted by Crippen LogP contribution is -2.48. The fourth-order valence-corrected chi connectivity index (χ4v) is 5.48. The first-order chi connectivity index (χ1) is 14.1. The van der Waals surface area contributed by atoms with Crippen LogP contribution in [-0.2, 0) is 11.3 Å². The van der Waals surface area contributed by atoms with Gasteiger partial charge in [-0.25, -0.2) is 0 Å². The smallest absolute Gasteiger partial charge is 0.124 e. The highest BCUT2D eigenvalue weighted by Crippen LogP contribution is 2.38. The maximum absolute atomic E-state index is 9.42. The fraction of sp³-hybridized carbons (Fsp3) is 0.409. The van der Waals surface area contributed by atoms with Gasteiger partial charge in [-0.2, -0.15) is 5.26 Å². The third-order valence-electron chi connectivity index (χ3n) is 5.40. The highest BCUT2D eigenvalue weighted by atomic mass is 79.9. The average Bonchev–Trinajstić information content (AvgIpc) is 2.90. The molecule has 1 fully saturated rings. The number of benzene rings is 2. The molecule has 5 nitrogen and oxygen atoms in total. The van der Waals surface area contributed by atoms with Crippen LogP contribution in [0.5, 0.6) is 5.75 Å². The molecule has 0 saturated carbocycles. The summed E-state index contributed by atoms with van der Waals surface area (Å²) in [6.07, 6.45) is 0.793. The van der Waals surface area contributed by atoms with E-state index in [0.717, 1.165) is 58.4 Å². The lowest BCUT2D eigenvalue weighted by atomic mass is 9.95. The molecule has 2 aromatic rings. The van der Waals surface area contributed by atoms with Crippen LogP contribution in [0.1, 0.15) is 29.2 Å². The number of halogens is 2. The Morgan fingerprint density at radius 2 is 1.90 bits per heavy atom. The third-order valence-corrected chi connectivity index (χ3v) is 6.32. The van der Waals surface area contributed by atoms with Crippen LogP contribution in [0, 0.1) is 11.3 Å². The van der Waals surface area contributed by atoms with Crippen LogP contribution in [0.15, 0.2) is 45.3 Å². The number of hydrogen-bond donors (Lipinski definition) is 1. The largest absolute Gasteiger partial charge is 0.493 e. The van der Waals surface area contributed by atoms with Crippen LogP contribution in [0.2, 0.25) is 0 Å². The zero-order valence-corrected chi connectivity index (χ0v) is 19.2. The van der Waals surface area contributed by atoms with Gasteiger partial charge in [-0.3, -0.25) is 4.90 Å². The SMILES string of the molecule is N#Cc1ccc2c(c1)[C@@H](N1CCNCC1)[C@H](OCc1cc(Br)cc(Br)c1)CCO2. The van der Waals surface area contributed by atoms with Crippen molar-refractivity contribution in [3.8, 4) is 11.8 Å². The Kier molecular flexibility index (Phi) is 6.88. The number of rotatable bonds is 4. The normalized spacial score (nSPS) is 22.2. The summed E-state index contributed by atoms with van der Waals surface area (Å²) in [4.78, 5) is 2.46. The number of nitriles is 1. The molecule has 7 heteroatoms. The summed E-state index contributed by atoms with van der Waals surface area (Å²) in [6.45, 7) is 4.94. The number of nitrogens with one attached hydrogen (secondary N) is 1. The van der Waals surface area contributed by atoms with Gasteiger partial charge in [0, 0.05) is 47.1 Å². The van der Waals surface area contributed by atoms with Gasteiger partial charge in [-0.1, -0.05) is 31.9 Å². The first kappa shape index (κ1) is 20.8. The molecule has 0 bridgehead atoms. The van der Waals surface area contributed by atoms with E-state index < -0.39 is 0 Å². The van der Waals surface area contributed by atoms with Gasteiger partial charge in [0.05, 0.1) is 37.0 Å². The van der Waals surface area contributed by atoms with Crippen LogP contribution < -0.4 is 10.1 Å². The van der Waals surface area contributed by atoms with E-state index in [-0.39, 0.29) is 12.1 Å². The monoisotopic (exact) mass is 519 g/mol. The molecule has 2 aliphatic rings. The second-order valence-corrected chi connectivity index (χ2v) is 9.19. The first-order valence-electron chi connectivity index (χ1n) is 9.82. The molecule has 1 saturated heterocycles. The number of fused-ring (bicyclic) bond motifs is 1. The number of ether oxygens (including phenoxy) is 2. The molecular weight excluding hydrogens is 498 g/mol. The summed E-state index contributed by atoms with van der Waals surface area (Å²) in [7, 11) is 0. The maximum Gasteiger partial charge on any atom is 0.124 e. The predicted octanol–water partition coefficient (Wildman–Crippen LogP) is 4.40. The second kappa shape index (κ2) is 9.59. The molecule has 0 radical (unpaired) electrons. The topological polar surface area (TPSA) is 57.5 Å². The molecule has 4 rings (SSSR count). The van der Waals surface area contributed by atoms with E-state index in [1.807, 2.05) is 24.3 Å². The first-order valence-corrected chi connectivity index (χ1v) is 11.4. The van der Waals surface area contributed by atoms with Crippen molar-refractivity contribution in [3.05, 3.63) is 62.0 Å². The van der Waals surface area contributed by atoms with Crippen molar-refractivity contribution in [2.24, 2.45) is 0 Å². The summed E-state index contributed by atoms with van der Waals surface area (Å²) < 4.78 is 14.6. The van der Waals surface area contributed by atoms with Crippen LogP contribution in [-0.4, -0.2) is 43.8 Å². The fourth-order valence-electron chi connectivity index (χ4n) is 4.09. The van der Waals surface area contributed by atoms with Gasteiger partial charge in [0.25, 0.3) is 0 Å². The van der Waals surface area contributed by atoms with Gasteiger partial charge in [0.15, 0.2) is 0 Å². The summed E-state index contributed by atoms with van der Waals surface area (Å²) in [5.41, 5.74) is 2.83. The third kappa shape index (κ3) is 5.01. The quantitative estimate of drug-likeness (QED) is 0.647. The molecular formula is C22H23Br2N3O2. The molecule has 0 unspecified atom stereocenters. The molecule has 152 valence electrons. The molecule has 0 spiro atoms. The zero-order chi connectivity index (χ0) is 20.2. The van der Waals surface area contributed by atoms with Crippen molar-refractivity contribution in [2.75, 3.05) is 32.8 Å². The molecule has 2 aromatic carbocycles. The van der Waals surface area contributed by atoms with Gasteiger partial charge in [0.2, 0.25) is 0 Å². The lowest BCUT2D eigenvalue weighted by Gasteiger charge is -2.38. The van der Waals surface area contributed by atoms with Crippen molar-refractivity contribution in [3.63, 3.8) is 0 Å². The highest BCUT2D eigenvalue weighted by Gasteiger charge is 2.35. The van der Waals surface area contributed by atoms with Crippen LogP contribution >= 0.6 is 31.9 Å². The minimum atomic E-state index is -0.0129. The minimum Gasteiger partial charge on any atom is -0.493 e. The summed E-state index contributed by atoms with van der Waals surface area (Å²) in [5.74, 6) is 0.865. The van der Waals surface area contributed by atoms with E-state index in [1.165, 1.54) is 0 Å². The number of hydrogen-bond acceptors (Lipinski definition) is 5. The van der Waals surface area contributed by atoms with E-state index >= 15 is 0 Å². The molecule has 0 aromatic heterocycles. The van der Waals surface area contributed by atoms with Gasteiger partial charge in [-0.05, 0) is 42.0 Å². The van der Waals surface area contributed by atoms with Gasteiger partial charge in [0.1, 0.15) is 5.75 Å². The molecule has 2 heterocycles. The van der Waals surface area contributed by atoms with Gasteiger partial charge in [-0.15, -0.1) is 0 Å². The van der Waals surface area contributed by atoms with Crippen molar-refractivity contribution in [1.82, 2.24) is 10.2 Å². The minimum absolute atomic E-state index is 0.0129. The highest BCUT2D eigenvalue weighted by molar-refractivity contribution is 9.11. The van der Waals surface area contributed by atoms with Crippen molar-refractivity contribution < 1.29 is 9.47 Å². The Bertz CT molecular complexity index is 889. The second-order valence-electron chi connectivity index (χ2n) is 7.36. The predicted molar refractivity (Wildman–Crippen MR) is 119 cm³/mol. The summed E-state index contributed by atoms with van der Waals surface area (Å²) >= 11 is 7.10. The molecule has 0 amide bonds. The molecule has 2 atom stereocenters. The Morgan fingerprint density at radius 1 is 1.14 bits per heavy atom. The van der Waals surface area contributed by atoms with Crippen LogP contribution in [0.25, 0.3) is 0 Å². The number of nitrogens with zero attached hydrogens (tertiary/aromatic N) is 2. The van der Waals surface area contributed by atoms with E-state index in [1.54, 1.807) is 0 Å². The Labute approximate surface area is 188 Å². The van der Waals surface area contributed by atoms with E-state index in [9.17, 15) is 5.26 Å². The summed E-state index contributed by atoms with van der Waals surface area (Å²) in [6, 6.07) is 14.2. The van der Waals surface area contributed by atoms with Gasteiger partial charge < -0.3 is 14.8 Å². The molecule has 2 aliphatic heterocycles. The maximum atomic E-state index is 9.42. The van der Waals surface area contributed by atoms with Crippen LogP contribution in [0.3, 0.4) is 0 Å². The lowest BCUT2D eigenvalue weighted by molar-refractivity contribution is -0.0331. The Morgan fingerprint density at radius 3 is 2.62 bits per heavy atom. The van der Waals surface area contributed by atoms with E-state index in [2.05, 4.69) is 60.3 Å². The van der Waals surface area contributed by atoms with Crippen LogP contribution in [0.4, 0.5) is 0 Å². The standard InChI is InChI=1S/C22H23Br2N3O2/c23-17-9-16(10-18(24)12-17)14-29-21-3-8-28-20-2-1-15(13-25)11-19(20)22(21)27-6-4-26-5-7-27/h1-2,9-12,21-22,26H,3-8,14H2/t21-,22-/m1/s1. The Balaban J connectivity index is 1.63. The van der Waals surface area contributed by atoms with Crippen molar-refractivity contribution >= 4 is 31.9 Å². The molecule has 29 heavy (non-hydrogen) atoms. The van der Waals surface area contributed by atoms with Crippen molar-refractivity contribution in [2.45, 2.75) is 25.2 Å². The molecule has 1 N–H and O–H groups in total. The number of piperazine rings is 1. The van der Waals surface area contributed by atoms with E-state index in [0.29, 0.717) is 18.8 Å². The summed E-state index contributed by atoms with van der Waals surface area (Å²) in [5, 5.41) is 12.8.